The number of likely N-dealkylation sites (tertiary alicyclic amines) is 1. The van der Waals surface area contributed by atoms with Crippen molar-refractivity contribution in [3.05, 3.63) is 59.8 Å². The number of ether oxygens (including phenoxy) is 1. The zero-order valence-corrected chi connectivity index (χ0v) is 18.8. The Kier molecular flexibility index (Phi) is 5.98. The number of piperidine rings is 1. The van der Waals surface area contributed by atoms with Crippen molar-refractivity contribution < 1.29 is 17.9 Å². The molecule has 0 radical (unpaired) electrons. The molecule has 1 aliphatic heterocycles. The number of rotatable bonds is 6. The number of alkyl halides is 1. The van der Waals surface area contributed by atoms with Crippen molar-refractivity contribution in [2.75, 3.05) is 19.7 Å². The highest BCUT2D eigenvalue weighted by molar-refractivity contribution is 5.70. The van der Waals surface area contributed by atoms with Gasteiger partial charge < -0.3 is 9.64 Å². The van der Waals surface area contributed by atoms with E-state index < -0.39 is 23.8 Å². The molecular formula is C23H21F3N8O. The molecule has 1 saturated heterocycles. The SMILES string of the molecule is Cc1c(-c2cc(OCCc3ccc(F)cn3)c3c(F)cnn3c2)nnn1C1CCN(C#N)CC1F. The van der Waals surface area contributed by atoms with Gasteiger partial charge in [0, 0.05) is 30.4 Å². The highest BCUT2D eigenvalue weighted by Crippen LogP contribution is 2.33. The number of halogens is 3. The molecule has 180 valence electrons. The molecule has 4 aromatic heterocycles. The summed E-state index contributed by atoms with van der Waals surface area (Å²) in [6, 6.07) is 3.98. The van der Waals surface area contributed by atoms with Gasteiger partial charge in [-0.1, -0.05) is 5.21 Å². The Bertz CT molecular complexity index is 1390. The van der Waals surface area contributed by atoms with Crippen molar-refractivity contribution in [3.8, 4) is 23.2 Å². The number of aromatic nitrogens is 6. The predicted octanol–water partition coefficient (Wildman–Crippen LogP) is 3.26. The summed E-state index contributed by atoms with van der Waals surface area (Å²) >= 11 is 0. The zero-order chi connectivity index (χ0) is 24.5. The Hall–Kier alpha value is -4.14. The van der Waals surface area contributed by atoms with Crippen molar-refractivity contribution in [2.45, 2.75) is 32.0 Å². The van der Waals surface area contributed by atoms with E-state index in [9.17, 15) is 13.2 Å². The Morgan fingerprint density at radius 3 is 2.86 bits per heavy atom. The average molecular weight is 482 g/mol. The van der Waals surface area contributed by atoms with Crippen molar-refractivity contribution in [1.29, 1.82) is 5.26 Å². The molecule has 0 aliphatic carbocycles. The zero-order valence-electron chi connectivity index (χ0n) is 18.8. The van der Waals surface area contributed by atoms with E-state index in [1.807, 2.05) is 6.19 Å². The fourth-order valence-corrected chi connectivity index (χ4v) is 4.29. The molecule has 0 N–H and O–H groups in total. The molecule has 0 aromatic carbocycles. The van der Waals surface area contributed by atoms with Gasteiger partial charge in [0.05, 0.1) is 37.3 Å². The lowest BCUT2D eigenvalue weighted by atomic mass is 10.0. The van der Waals surface area contributed by atoms with Crippen molar-refractivity contribution >= 4 is 5.52 Å². The average Bonchev–Trinajstić information content (AvgIpc) is 3.42. The maximum absolute atomic E-state index is 14.8. The van der Waals surface area contributed by atoms with Crippen LogP contribution in [0.4, 0.5) is 13.2 Å². The highest BCUT2D eigenvalue weighted by Gasteiger charge is 2.32. The summed E-state index contributed by atoms with van der Waals surface area (Å²) in [5.41, 5.74) is 2.50. The van der Waals surface area contributed by atoms with E-state index >= 15 is 0 Å². The van der Waals surface area contributed by atoms with Crippen molar-refractivity contribution in [3.63, 3.8) is 0 Å². The van der Waals surface area contributed by atoms with Crippen LogP contribution < -0.4 is 4.74 Å². The molecule has 0 spiro atoms. The van der Waals surface area contributed by atoms with Gasteiger partial charge in [-0.05, 0) is 31.5 Å². The molecule has 4 aromatic rings. The van der Waals surface area contributed by atoms with Gasteiger partial charge in [-0.2, -0.15) is 10.4 Å². The summed E-state index contributed by atoms with van der Waals surface area (Å²) in [4.78, 5) is 5.39. The third-order valence-corrected chi connectivity index (χ3v) is 6.10. The van der Waals surface area contributed by atoms with E-state index in [-0.39, 0.29) is 24.4 Å². The van der Waals surface area contributed by atoms with E-state index in [4.69, 9.17) is 10.00 Å². The molecule has 12 heteroatoms. The van der Waals surface area contributed by atoms with E-state index in [0.717, 1.165) is 12.4 Å². The first-order valence-corrected chi connectivity index (χ1v) is 11.1. The fourth-order valence-electron chi connectivity index (χ4n) is 4.29. The molecule has 0 amide bonds. The second-order valence-corrected chi connectivity index (χ2v) is 8.33. The minimum Gasteiger partial charge on any atom is -0.491 e. The molecule has 35 heavy (non-hydrogen) atoms. The molecule has 1 fully saturated rings. The first kappa shape index (κ1) is 22.6. The first-order chi connectivity index (χ1) is 16.9. The van der Waals surface area contributed by atoms with Crippen molar-refractivity contribution in [1.82, 2.24) is 34.5 Å². The number of hydrogen-bond acceptors (Lipinski definition) is 7. The van der Waals surface area contributed by atoms with Gasteiger partial charge in [0.25, 0.3) is 0 Å². The van der Waals surface area contributed by atoms with Crippen LogP contribution in [-0.2, 0) is 6.42 Å². The number of nitriles is 1. The van der Waals surface area contributed by atoms with Crippen LogP contribution in [-0.4, -0.2) is 60.4 Å². The van der Waals surface area contributed by atoms with E-state index in [1.165, 1.54) is 15.5 Å². The second kappa shape index (κ2) is 9.25. The molecule has 5 rings (SSSR count). The number of nitrogens with zero attached hydrogens (tertiary/aromatic N) is 8. The maximum atomic E-state index is 14.8. The largest absolute Gasteiger partial charge is 0.491 e. The second-order valence-electron chi connectivity index (χ2n) is 8.33. The molecule has 0 saturated carbocycles. The summed E-state index contributed by atoms with van der Waals surface area (Å²) in [5.74, 6) is -0.723. The fraction of sp³-hybridized carbons (Fsp3) is 0.348. The molecule has 2 atom stereocenters. The van der Waals surface area contributed by atoms with E-state index in [2.05, 4.69) is 20.4 Å². The third-order valence-electron chi connectivity index (χ3n) is 6.10. The van der Waals surface area contributed by atoms with Crippen LogP contribution in [0.15, 0.2) is 36.8 Å². The molecule has 2 unspecified atom stereocenters. The van der Waals surface area contributed by atoms with Crippen LogP contribution in [0.2, 0.25) is 0 Å². The molecule has 0 bridgehead atoms. The lowest BCUT2D eigenvalue weighted by Crippen LogP contribution is -2.40. The number of fused-ring (bicyclic) bond motifs is 1. The Labute approximate surface area is 198 Å². The quantitative estimate of drug-likeness (QED) is 0.389. The molecule has 5 heterocycles. The minimum atomic E-state index is -1.27. The standard InChI is InChI=1S/C23H21F3N8O/c1-14-22(30-31-34(14)20-4-6-32(13-27)12-19(20)26)15-8-21(23-18(25)10-29-33(23)11-15)35-7-5-17-3-2-16(24)9-28-17/h2-3,8-11,19-20H,4-7,12H2,1H3. The van der Waals surface area contributed by atoms with E-state index in [1.54, 1.807) is 29.9 Å². The number of hydrogen-bond donors (Lipinski definition) is 0. The summed E-state index contributed by atoms with van der Waals surface area (Å²) < 4.78 is 51.1. The van der Waals surface area contributed by atoms with Gasteiger partial charge in [-0.3, -0.25) is 4.98 Å². The van der Waals surface area contributed by atoms with Gasteiger partial charge in [0.2, 0.25) is 0 Å². The lowest BCUT2D eigenvalue weighted by Gasteiger charge is -2.31. The van der Waals surface area contributed by atoms with Crippen LogP contribution in [0, 0.1) is 30.0 Å². The third kappa shape index (κ3) is 4.37. The minimum absolute atomic E-state index is 0.00915. The van der Waals surface area contributed by atoms with Crippen LogP contribution >= 0.6 is 0 Å². The summed E-state index contributed by atoms with van der Waals surface area (Å²) in [7, 11) is 0. The Balaban J connectivity index is 1.42. The summed E-state index contributed by atoms with van der Waals surface area (Å²) in [6.07, 6.45) is 5.36. The van der Waals surface area contributed by atoms with Crippen LogP contribution in [0.25, 0.3) is 16.8 Å². The lowest BCUT2D eigenvalue weighted by molar-refractivity contribution is 0.114. The topological polar surface area (TPSA) is 97.2 Å². The van der Waals surface area contributed by atoms with Crippen LogP contribution in [0.5, 0.6) is 5.75 Å². The predicted molar refractivity (Wildman–Crippen MR) is 118 cm³/mol. The van der Waals surface area contributed by atoms with Gasteiger partial charge >= 0.3 is 0 Å². The molecular weight excluding hydrogens is 461 g/mol. The molecule has 9 nitrogen and oxygen atoms in total. The number of pyridine rings is 2. The summed E-state index contributed by atoms with van der Waals surface area (Å²) in [6.45, 7) is 2.41. The van der Waals surface area contributed by atoms with Gasteiger partial charge in [0.15, 0.2) is 12.0 Å². The molecule has 1 aliphatic rings. The van der Waals surface area contributed by atoms with Gasteiger partial charge in [0.1, 0.15) is 28.9 Å². The normalized spacial score (nSPS) is 18.1. The Morgan fingerprint density at radius 1 is 1.26 bits per heavy atom. The van der Waals surface area contributed by atoms with E-state index in [0.29, 0.717) is 42.0 Å². The smallest absolute Gasteiger partial charge is 0.179 e. The Morgan fingerprint density at radius 2 is 2.11 bits per heavy atom. The van der Waals surface area contributed by atoms with Crippen LogP contribution in [0.1, 0.15) is 23.9 Å². The van der Waals surface area contributed by atoms with Gasteiger partial charge in [-0.15, -0.1) is 5.10 Å². The van der Waals surface area contributed by atoms with Crippen molar-refractivity contribution in [2.24, 2.45) is 0 Å². The van der Waals surface area contributed by atoms with Gasteiger partial charge in [-0.25, -0.2) is 22.4 Å². The monoisotopic (exact) mass is 482 g/mol. The summed E-state index contributed by atoms with van der Waals surface area (Å²) in [5, 5.41) is 21.5. The first-order valence-electron chi connectivity index (χ1n) is 11.1. The van der Waals surface area contributed by atoms with Crippen LogP contribution in [0.3, 0.4) is 0 Å². The maximum Gasteiger partial charge on any atom is 0.179 e. The highest BCUT2D eigenvalue weighted by atomic mass is 19.1.